The van der Waals surface area contributed by atoms with Crippen molar-refractivity contribution in [1.82, 2.24) is 0 Å². The second-order valence-corrected chi connectivity index (χ2v) is 4.56. The molecule has 0 spiro atoms. The van der Waals surface area contributed by atoms with E-state index in [1.165, 1.54) is 0 Å². The van der Waals surface area contributed by atoms with Crippen LogP contribution in [0.25, 0.3) is 0 Å². The molecule has 0 aromatic heterocycles. The summed E-state index contributed by atoms with van der Waals surface area (Å²) >= 11 is 5.04. The molecule has 0 amide bonds. The molecule has 0 aliphatic rings. The van der Waals surface area contributed by atoms with Gasteiger partial charge in [-0.25, -0.2) is 0 Å². The van der Waals surface area contributed by atoms with Gasteiger partial charge in [-0.2, -0.15) is 0 Å². The summed E-state index contributed by atoms with van der Waals surface area (Å²) in [7, 11) is 3.30. The fourth-order valence-electron chi connectivity index (χ4n) is 1.71. The number of benzene rings is 1. The lowest BCUT2D eigenvalue weighted by Crippen LogP contribution is -2.23. The predicted molar refractivity (Wildman–Crippen MR) is 73.9 cm³/mol. The maximum Gasteiger partial charge on any atom is 0.122 e. The molecule has 0 radical (unpaired) electrons. The molecular formula is C13H19NO2S. The van der Waals surface area contributed by atoms with Crippen molar-refractivity contribution in [3.8, 4) is 11.5 Å². The molecule has 17 heavy (non-hydrogen) atoms. The zero-order valence-electron chi connectivity index (χ0n) is 10.7. The average molecular weight is 253 g/mol. The van der Waals surface area contributed by atoms with E-state index in [0.717, 1.165) is 17.1 Å². The molecule has 1 aromatic rings. The van der Waals surface area contributed by atoms with Gasteiger partial charge in [-0.1, -0.05) is 26.1 Å². The molecule has 0 aliphatic heterocycles. The number of methoxy groups -OCH3 is 2. The van der Waals surface area contributed by atoms with Gasteiger partial charge < -0.3 is 15.2 Å². The van der Waals surface area contributed by atoms with Crippen molar-refractivity contribution >= 4 is 17.2 Å². The van der Waals surface area contributed by atoms with Crippen molar-refractivity contribution in [3.63, 3.8) is 0 Å². The third-order valence-corrected chi connectivity index (χ3v) is 3.50. The molecule has 0 aliphatic carbocycles. The minimum atomic E-state index is 0.117. The lowest BCUT2D eigenvalue weighted by molar-refractivity contribution is 0.393. The van der Waals surface area contributed by atoms with E-state index in [1.807, 2.05) is 25.1 Å². The van der Waals surface area contributed by atoms with Crippen LogP contribution in [0.1, 0.15) is 25.3 Å². The van der Waals surface area contributed by atoms with Crippen LogP contribution in [-0.2, 0) is 0 Å². The first-order valence-electron chi connectivity index (χ1n) is 5.52. The zero-order valence-corrected chi connectivity index (χ0v) is 11.5. The molecule has 4 heteroatoms. The molecule has 0 saturated heterocycles. The second-order valence-electron chi connectivity index (χ2n) is 4.09. The minimum Gasteiger partial charge on any atom is -0.497 e. The van der Waals surface area contributed by atoms with Crippen LogP contribution in [0.2, 0.25) is 0 Å². The summed E-state index contributed by atoms with van der Waals surface area (Å²) in [6.07, 6.45) is 0. The van der Waals surface area contributed by atoms with Gasteiger partial charge in [0.2, 0.25) is 0 Å². The molecule has 1 aromatic carbocycles. The number of thiocarbonyl (C=S) groups is 1. The van der Waals surface area contributed by atoms with Crippen LogP contribution in [0.15, 0.2) is 18.2 Å². The summed E-state index contributed by atoms with van der Waals surface area (Å²) in [6.45, 7) is 4.10. The fraction of sp³-hybridized carbons (Fsp3) is 0.462. The Hall–Kier alpha value is -1.29. The highest BCUT2D eigenvalue weighted by atomic mass is 32.1. The molecule has 2 N–H and O–H groups in total. The van der Waals surface area contributed by atoms with Crippen molar-refractivity contribution in [3.05, 3.63) is 23.8 Å². The SMILES string of the molecule is COc1ccc(OC)c(C(C)C(C)C(N)=S)c1. The summed E-state index contributed by atoms with van der Waals surface area (Å²) in [5.41, 5.74) is 6.76. The maximum atomic E-state index is 5.70. The number of hydrogen-bond donors (Lipinski definition) is 1. The summed E-state index contributed by atoms with van der Waals surface area (Å²) in [5.74, 6) is 1.95. The summed E-state index contributed by atoms with van der Waals surface area (Å²) in [5, 5.41) is 0. The Labute approximate surface area is 108 Å². The molecule has 2 unspecified atom stereocenters. The van der Waals surface area contributed by atoms with Crippen LogP contribution in [-0.4, -0.2) is 19.2 Å². The normalized spacial score (nSPS) is 13.9. The number of ether oxygens (including phenoxy) is 2. The number of nitrogens with two attached hydrogens (primary N) is 1. The Balaban J connectivity index is 3.13. The highest BCUT2D eigenvalue weighted by molar-refractivity contribution is 7.80. The van der Waals surface area contributed by atoms with E-state index in [9.17, 15) is 0 Å². The average Bonchev–Trinajstić information content (AvgIpc) is 2.35. The third-order valence-electron chi connectivity index (χ3n) is 3.13. The van der Waals surface area contributed by atoms with E-state index in [4.69, 9.17) is 27.4 Å². The second kappa shape index (κ2) is 5.87. The highest BCUT2D eigenvalue weighted by Gasteiger charge is 2.20. The van der Waals surface area contributed by atoms with Crippen LogP contribution < -0.4 is 15.2 Å². The van der Waals surface area contributed by atoms with Gasteiger partial charge in [0.15, 0.2) is 0 Å². The summed E-state index contributed by atoms with van der Waals surface area (Å²) in [6, 6.07) is 5.75. The minimum absolute atomic E-state index is 0.117. The van der Waals surface area contributed by atoms with Gasteiger partial charge >= 0.3 is 0 Å². The van der Waals surface area contributed by atoms with Gasteiger partial charge in [0, 0.05) is 11.5 Å². The van der Waals surface area contributed by atoms with Crippen molar-refractivity contribution in [1.29, 1.82) is 0 Å². The molecule has 2 atom stereocenters. The molecule has 1 rings (SSSR count). The standard InChI is InChI=1S/C13H19NO2S/c1-8(9(2)13(14)17)11-7-10(15-3)5-6-12(11)16-4/h5-9H,1-4H3,(H2,14,17). The molecular weight excluding hydrogens is 234 g/mol. The Morgan fingerprint density at radius 3 is 2.35 bits per heavy atom. The quantitative estimate of drug-likeness (QED) is 0.819. The number of hydrogen-bond acceptors (Lipinski definition) is 3. The Bertz CT molecular complexity index is 406. The molecule has 0 fully saturated rings. The van der Waals surface area contributed by atoms with Gasteiger partial charge in [0.1, 0.15) is 11.5 Å². The number of rotatable bonds is 5. The Kier molecular flexibility index (Phi) is 4.75. The monoisotopic (exact) mass is 253 g/mol. The van der Waals surface area contributed by atoms with Crippen LogP contribution >= 0.6 is 12.2 Å². The van der Waals surface area contributed by atoms with Crippen molar-refractivity contribution in [2.75, 3.05) is 14.2 Å². The van der Waals surface area contributed by atoms with Crippen LogP contribution in [0.3, 0.4) is 0 Å². The molecule has 0 heterocycles. The van der Waals surface area contributed by atoms with E-state index in [2.05, 4.69) is 6.92 Å². The smallest absolute Gasteiger partial charge is 0.122 e. The fourth-order valence-corrected chi connectivity index (χ4v) is 1.92. The predicted octanol–water partition coefficient (Wildman–Crippen LogP) is 2.73. The van der Waals surface area contributed by atoms with E-state index < -0.39 is 0 Å². The van der Waals surface area contributed by atoms with Gasteiger partial charge in [-0.05, 0) is 24.1 Å². The summed E-state index contributed by atoms with van der Waals surface area (Å²) in [4.78, 5) is 0.516. The Morgan fingerprint density at radius 2 is 1.88 bits per heavy atom. The van der Waals surface area contributed by atoms with Gasteiger partial charge in [0.05, 0.1) is 19.2 Å². The van der Waals surface area contributed by atoms with Crippen LogP contribution in [0.5, 0.6) is 11.5 Å². The van der Waals surface area contributed by atoms with Crippen LogP contribution in [0.4, 0.5) is 0 Å². The Morgan fingerprint density at radius 1 is 1.24 bits per heavy atom. The lowest BCUT2D eigenvalue weighted by atomic mass is 9.88. The van der Waals surface area contributed by atoms with Crippen LogP contribution in [0, 0.1) is 5.92 Å². The summed E-state index contributed by atoms with van der Waals surface area (Å²) < 4.78 is 10.6. The third kappa shape index (κ3) is 3.09. The van der Waals surface area contributed by atoms with E-state index in [0.29, 0.717) is 4.99 Å². The molecule has 94 valence electrons. The van der Waals surface area contributed by atoms with E-state index in [-0.39, 0.29) is 11.8 Å². The van der Waals surface area contributed by atoms with Crippen molar-refractivity contribution in [2.45, 2.75) is 19.8 Å². The lowest BCUT2D eigenvalue weighted by Gasteiger charge is -2.21. The van der Waals surface area contributed by atoms with E-state index >= 15 is 0 Å². The topological polar surface area (TPSA) is 44.5 Å². The first-order valence-corrected chi connectivity index (χ1v) is 5.93. The first kappa shape index (κ1) is 13.8. The molecule has 3 nitrogen and oxygen atoms in total. The van der Waals surface area contributed by atoms with Gasteiger partial charge in [-0.3, -0.25) is 0 Å². The maximum absolute atomic E-state index is 5.70. The molecule has 0 saturated carbocycles. The molecule has 0 bridgehead atoms. The zero-order chi connectivity index (χ0) is 13.0. The van der Waals surface area contributed by atoms with Crippen molar-refractivity contribution < 1.29 is 9.47 Å². The first-order chi connectivity index (χ1) is 8.01. The highest BCUT2D eigenvalue weighted by Crippen LogP contribution is 2.34. The van der Waals surface area contributed by atoms with Crippen molar-refractivity contribution in [2.24, 2.45) is 11.7 Å². The van der Waals surface area contributed by atoms with E-state index in [1.54, 1.807) is 14.2 Å². The largest absolute Gasteiger partial charge is 0.497 e. The van der Waals surface area contributed by atoms with Gasteiger partial charge in [-0.15, -0.1) is 0 Å². The van der Waals surface area contributed by atoms with Gasteiger partial charge in [0.25, 0.3) is 0 Å².